The van der Waals surface area contributed by atoms with Crippen LogP contribution in [0.1, 0.15) is 31.4 Å². The Labute approximate surface area is 197 Å². The van der Waals surface area contributed by atoms with Crippen LogP contribution in [0.25, 0.3) is 10.8 Å². The summed E-state index contributed by atoms with van der Waals surface area (Å²) in [6.45, 7) is 6.52. The van der Waals surface area contributed by atoms with Crippen molar-refractivity contribution in [1.29, 1.82) is 0 Å². The number of nitrogens with zero attached hydrogens (tertiary/aromatic N) is 1. The van der Waals surface area contributed by atoms with Gasteiger partial charge in [0.05, 0.1) is 4.47 Å². The first kappa shape index (κ1) is 23.8. The Morgan fingerprint density at radius 1 is 1.09 bits per heavy atom. The number of hydrogen-bond acceptors (Lipinski definition) is 3. The zero-order chi connectivity index (χ0) is 23.1. The monoisotopic (exact) mass is 496 g/mol. The van der Waals surface area contributed by atoms with Gasteiger partial charge in [-0.2, -0.15) is 0 Å². The van der Waals surface area contributed by atoms with Crippen molar-refractivity contribution >= 4 is 38.5 Å². The number of aryl methyl sites for hydroxylation is 1. The Balaban J connectivity index is 1.78. The van der Waals surface area contributed by atoms with Crippen LogP contribution in [-0.4, -0.2) is 35.9 Å². The highest BCUT2D eigenvalue weighted by atomic mass is 79.9. The van der Waals surface area contributed by atoms with Crippen LogP contribution >= 0.6 is 15.9 Å². The maximum absolute atomic E-state index is 13.2. The second-order valence-electron chi connectivity index (χ2n) is 7.87. The van der Waals surface area contributed by atoms with Crippen LogP contribution in [0.5, 0.6) is 5.75 Å². The molecule has 6 heteroatoms. The number of carbonyl (C=O) groups excluding carboxylic acids is 2. The quantitative estimate of drug-likeness (QED) is 0.440. The lowest BCUT2D eigenvalue weighted by atomic mass is 10.1. The normalized spacial score (nSPS) is 11.8. The third-order valence-corrected chi connectivity index (χ3v) is 6.15. The van der Waals surface area contributed by atoms with Crippen LogP contribution in [0.15, 0.2) is 65.1 Å². The van der Waals surface area contributed by atoms with E-state index in [2.05, 4.69) is 21.2 Å². The average Bonchev–Trinajstić information content (AvgIpc) is 2.80. The van der Waals surface area contributed by atoms with Gasteiger partial charge in [-0.05, 0) is 58.6 Å². The summed E-state index contributed by atoms with van der Waals surface area (Å²) in [7, 11) is 0. The number of fused-ring (bicyclic) bond motifs is 1. The van der Waals surface area contributed by atoms with Crippen LogP contribution < -0.4 is 10.1 Å². The van der Waals surface area contributed by atoms with Crippen LogP contribution in [0.3, 0.4) is 0 Å². The van der Waals surface area contributed by atoms with E-state index in [0.29, 0.717) is 18.8 Å². The summed E-state index contributed by atoms with van der Waals surface area (Å²) >= 11 is 3.60. The van der Waals surface area contributed by atoms with Crippen LogP contribution in [0, 0.1) is 6.92 Å². The van der Waals surface area contributed by atoms with Gasteiger partial charge in [-0.15, -0.1) is 0 Å². The number of benzene rings is 3. The molecule has 0 saturated heterocycles. The van der Waals surface area contributed by atoms with E-state index < -0.39 is 6.04 Å². The average molecular weight is 497 g/mol. The van der Waals surface area contributed by atoms with E-state index in [1.54, 1.807) is 11.8 Å². The SMILES string of the molecule is CCCNC(=O)[C@@H](C)N(Cc1cccc(C)c1)C(=O)COc1ccc2ccccc2c1Br. The Morgan fingerprint density at radius 3 is 2.62 bits per heavy atom. The molecule has 2 amide bonds. The first-order chi connectivity index (χ1) is 15.4. The Kier molecular flexibility index (Phi) is 8.28. The maximum atomic E-state index is 13.2. The van der Waals surface area contributed by atoms with E-state index in [-0.39, 0.29) is 18.4 Å². The standard InChI is InChI=1S/C26H29BrN2O3/c1-4-14-28-26(31)19(3)29(16-20-9-7-8-18(2)15-20)24(30)17-32-23-13-12-21-10-5-6-11-22(21)25(23)27/h5-13,15,19H,4,14,16-17H2,1-3H3,(H,28,31)/t19-/m1/s1. The minimum absolute atomic E-state index is 0.159. The van der Waals surface area contributed by atoms with Gasteiger partial charge in [0.25, 0.3) is 5.91 Å². The fourth-order valence-electron chi connectivity index (χ4n) is 3.53. The topological polar surface area (TPSA) is 58.6 Å². The molecule has 3 aromatic rings. The molecule has 0 radical (unpaired) electrons. The zero-order valence-corrected chi connectivity index (χ0v) is 20.3. The molecular formula is C26H29BrN2O3. The molecule has 0 spiro atoms. The summed E-state index contributed by atoms with van der Waals surface area (Å²) in [5, 5.41) is 4.99. The van der Waals surface area contributed by atoms with Crippen molar-refractivity contribution in [1.82, 2.24) is 10.2 Å². The largest absolute Gasteiger partial charge is 0.483 e. The molecule has 0 aliphatic rings. The van der Waals surface area contributed by atoms with E-state index in [4.69, 9.17) is 4.74 Å². The van der Waals surface area contributed by atoms with Crippen molar-refractivity contribution in [3.63, 3.8) is 0 Å². The molecular weight excluding hydrogens is 468 g/mol. The Bertz CT molecular complexity index is 1100. The molecule has 1 atom stereocenters. The molecule has 3 aromatic carbocycles. The summed E-state index contributed by atoms with van der Waals surface area (Å²) in [5.41, 5.74) is 2.08. The molecule has 0 bridgehead atoms. The van der Waals surface area contributed by atoms with Gasteiger partial charge < -0.3 is 15.0 Å². The fourth-order valence-corrected chi connectivity index (χ4v) is 4.14. The van der Waals surface area contributed by atoms with Crippen LogP contribution in [0.4, 0.5) is 0 Å². The highest BCUT2D eigenvalue weighted by Crippen LogP contribution is 2.33. The van der Waals surface area contributed by atoms with Crippen molar-refractivity contribution in [3.8, 4) is 5.75 Å². The lowest BCUT2D eigenvalue weighted by Gasteiger charge is -2.29. The predicted molar refractivity (Wildman–Crippen MR) is 132 cm³/mol. The lowest BCUT2D eigenvalue weighted by molar-refractivity contribution is -0.142. The maximum Gasteiger partial charge on any atom is 0.261 e. The number of hydrogen-bond donors (Lipinski definition) is 1. The van der Waals surface area contributed by atoms with Gasteiger partial charge in [0, 0.05) is 13.1 Å². The van der Waals surface area contributed by atoms with Gasteiger partial charge in [-0.1, -0.05) is 67.1 Å². The van der Waals surface area contributed by atoms with Crippen molar-refractivity contribution in [3.05, 3.63) is 76.3 Å². The van der Waals surface area contributed by atoms with Gasteiger partial charge in [0.15, 0.2) is 6.61 Å². The van der Waals surface area contributed by atoms with Gasteiger partial charge in [-0.25, -0.2) is 0 Å². The first-order valence-electron chi connectivity index (χ1n) is 10.8. The summed E-state index contributed by atoms with van der Waals surface area (Å²) in [4.78, 5) is 27.4. The van der Waals surface area contributed by atoms with Gasteiger partial charge in [0.1, 0.15) is 11.8 Å². The number of nitrogens with one attached hydrogen (secondary N) is 1. The number of ether oxygens (including phenoxy) is 1. The Morgan fingerprint density at radius 2 is 1.88 bits per heavy atom. The highest BCUT2D eigenvalue weighted by molar-refractivity contribution is 9.10. The molecule has 32 heavy (non-hydrogen) atoms. The van der Waals surface area contributed by atoms with Gasteiger partial charge >= 0.3 is 0 Å². The number of amides is 2. The van der Waals surface area contributed by atoms with E-state index in [1.165, 1.54) is 0 Å². The van der Waals surface area contributed by atoms with Crippen molar-refractivity contribution in [2.24, 2.45) is 0 Å². The predicted octanol–water partition coefficient (Wildman–Crippen LogP) is 5.23. The van der Waals surface area contributed by atoms with E-state index >= 15 is 0 Å². The zero-order valence-electron chi connectivity index (χ0n) is 18.7. The Hall–Kier alpha value is -2.86. The molecule has 3 rings (SSSR count). The second kappa shape index (κ2) is 11.1. The smallest absolute Gasteiger partial charge is 0.261 e. The molecule has 1 N–H and O–H groups in total. The molecule has 0 unspecified atom stereocenters. The minimum atomic E-state index is -0.613. The molecule has 168 valence electrons. The third kappa shape index (κ3) is 5.88. The highest BCUT2D eigenvalue weighted by Gasteiger charge is 2.26. The van der Waals surface area contributed by atoms with Crippen molar-refractivity contribution in [2.75, 3.05) is 13.2 Å². The number of halogens is 1. The molecule has 0 saturated carbocycles. The van der Waals surface area contributed by atoms with E-state index in [0.717, 1.165) is 32.8 Å². The summed E-state index contributed by atoms with van der Waals surface area (Å²) in [6.07, 6.45) is 0.837. The molecule has 0 aliphatic carbocycles. The molecule has 0 aliphatic heterocycles. The molecule has 0 heterocycles. The summed E-state index contributed by atoms with van der Waals surface area (Å²) in [6, 6.07) is 19.1. The van der Waals surface area contributed by atoms with E-state index in [1.807, 2.05) is 74.5 Å². The van der Waals surface area contributed by atoms with Crippen LogP contribution in [0.2, 0.25) is 0 Å². The van der Waals surface area contributed by atoms with Gasteiger partial charge in [0.2, 0.25) is 5.91 Å². The first-order valence-corrected chi connectivity index (χ1v) is 11.6. The van der Waals surface area contributed by atoms with Crippen LogP contribution in [-0.2, 0) is 16.1 Å². The second-order valence-corrected chi connectivity index (χ2v) is 8.66. The summed E-state index contributed by atoms with van der Waals surface area (Å²) in [5.74, 6) is 0.182. The third-order valence-electron chi connectivity index (χ3n) is 5.33. The lowest BCUT2D eigenvalue weighted by Crippen LogP contribution is -2.49. The number of rotatable bonds is 9. The van der Waals surface area contributed by atoms with Crippen molar-refractivity contribution in [2.45, 2.75) is 39.8 Å². The van der Waals surface area contributed by atoms with E-state index in [9.17, 15) is 9.59 Å². The summed E-state index contributed by atoms with van der Waals surface area (Å²) < 4.78 is 6.70. The fraction of sp³-hybridized carbons (Fsp3) is 0.308. The number of carbonyl (C=O) groups is 2. The van der Waals surface area contributed by atoms with Gasteiger partial charge in [-0.3, -0.25) is 9.59 Å². The van der Waals surface area contributed by atoms with Crippen molar-refractivity contribution < 1.29 is 14.3 Å². The molecule has 0 fully saturated rings. The molecule has 0 aromatic heterocycles. The molecule has 5 nitrogen and oxygen atoms in total. The minimum Gasteiger partial charge on any atom is -0.483 e.